The van der Waals surface area contributed by atoms with Crippen molar-refractivity contribution in [3.8, 4) is 0 Å². The number of carbonyl (C=O) groups is 2. The van der Waals surface area contributed by atoms with E-state index in [4.69, 9.17) is 0 Å². The smallest absolute Gasteiger partial charge is 0.252 e. The Bertz CT molecular complexity index is 851. The standard InChI is InChI=1S/C20H24N6O2/c27-18-13-24-19-17(26(18)14-16-5-1-2-6-21-16)11-15(12-23-19)20(28)22-7-10-25-8-3-4-9-25/h1-2,5-6,11-12H,3-4,7-10,13-14H2,(H,22,28)(H,23,24). The minimum atomic E-state index is -0.176. The highest BCUT2D eigenvalue weighted by molar-refractivity contribution is 6.04. The second-order valence-corrected chi connectivity index (χ2v) is 7.05. The van der Waals surface area contributed by atoms with Crippen molar-refractivity contribution in [2.24, 2.45) is 0 Å². The van der Waals surface area contributed by atoms with Gasteiger partial charge >= 0.3 is 0 Å². The molecule has 2 amide bonds. The van der Waals surface area contributed by atoms with Crippen LogP contribution in [0.2, 0.25) is 0 Å². The molecule has 28 heavy (non-hydrogen) atoms. The van der Waals surface area contributed by atoms with E-state index in [9.17, 15) is 9.59 Å². The zero-order valence-electron chi connectivity index (χ0n) is 15.7. The van der Waals surface area contributed by atoms with Gasteiger partial charge in [0.1, 0.15) is 0 Å². The van der Waals surface area contributed by atoms with Crippen molar-refractivity contribution in [3.63, 3.8) is 0 Å². The molecule has 4 rings (SSSR count). The Hall–Kier alpha value is -3.00. The summed E-state index contributed by atoms with van der Waals surface area (Å²) < 4.78 is 0. The third-order valence-corrected chi connectivity index (χ3v) is 5.09. The van der Waals surface area contributed by atoms with E-state index < -0.39 is 0 Å². The molecule has 1 fully saturated rings. The van der Waals surface area contributed by atoms with Crippen molar-refractivity contribution in [3.05, 3.63) is 47.9 Å². The molecule has 2 aliphatic heterocycles. The molecule has 4 heterocycles. The maximum absolute atomic E-state index is 12.5. The highest BCUT2D eigenvalue weighted by Crippen LogP contribution is 2.29. The van der Waals surface area contributed by atoms with E-state index in [1.165, 1.54) is 12.8 Å². The van der Waals surface area contributed by atoms with Gasteiger partial charge in [0.05, 0.1) is 30.0 Å². The predicted octanol–water partition coefficient (Wildman–Crippen LogP) is 1.26. The molecule has 8 heteroatoms. The maximum Gasteiger partial charge on any atom is 0.252 e. The number of likely N-dealkylation sites (tertiary alicyclic amines) is 1. The average Bonchev–Trinajstić information content (AvgIpc) is 3.24. The zero-order chi connectivity index (χ0) is 19.3. The molecule has 0 aromatic carbocycles. The highest BCUT2D eigenvalue weighted by Gasteiger charge is 2.26. The molecule has 0 atom stereocenters. The molecule has 2 aliphatic rings. The van der Waals surface area contributed by atoms with Crippen LogP contribution in [0, 0.1) is 0 Å². The molecule has 2 aromatic heterocycles. The molecule has 0 spiro atoms. The Balaban J connectivity index is 1.47. The van der Waals surface area contributed by atoms with Crippen LogP contribution in [0.4, 0.5) is 11.5 Å². The molecule has 0 radical (unpaired) electrons. The lowest BCUT2D eigenvalue weighted by atomic mass is 10.1. The van der Waals surface area contributed by atoms with Crippen molar-refractivity contribution >= 4 is 23.3 Å². The van der Waals surface area contributed by atoms with Crippen LogP contribution < -0.4 is 15.5 Å². The Labute approximate surface area is 164 Å². The van der Waals surface area contributed by atoms with Gasteiger partial charge in [0, 0.05) is 25.5 Å². The summed E-state index contributed by atoms with van der Waals surface area (Å²) in [5, 5.41) is 5.97. The van der Waals surface area contributed by atoms with Gasteiger partial charge in [-0.25, -0.2) is 4.98 Å². The maximum atomic E-state index is 12.5. The molecule has 0 bridgehead atoms. The summed E-state index contributed by atoms with van der Waals surface area (Å²) in [6.45, 7) is 4.18. The van der Waals surface area contributed by atoms with Crippen molar-refractivity contribution in [1.29, 1.82) is 0 Å². The van der Waals surface area contributed by atoms with Crippen LogP contribution in [0.5, 0.6) is 0 Å². The molecule has 2 N–H and O–H groups in total. The Kier molecular flexibility index (Phi) is 5.48. The summed E-state index contributed by atoms with van der Waals surface area (Å²) in [7, 11) is 0. The summed E-state index contributed by atoms with van der Waals surface area (Å²) in [6.07, 6.45) is 5.71. The van der Waals surface area contributed by atoms with Crippen LogP contribution in [0.25, 0.3) is 0 Å². The van der Waals surface area contributed by atoms with Crippen molar-refractivity contribution in [1.82, 2.24) is 20.2 Å². The number of hydrogen-bond donors (Lipinski definition) is 2. The molecule has 0 aliphatic carbocycles. The number of hydrogen-bond acceptors (Lipinski definition) is 6. The SMILES string of the molecule is O=C(NCCN1CCCC1)c1cnc2c(c1)N(Cc1ccccn1)C(=O)CN2. The number of nitrogens with one attached hydrogen (secondary N) is 2. The third-order valence-electron chi connectivity index (χ3n) is 5.09. The lowest BCUT2D eigenvalue weighted by Crippen LogP contribution is -2.40. The van der Waals surface area contributed by atoms with Gasteiger partial charge < -0.3 is 20.4 Å². The third kappa shape index (κ3) is 4.12. The van der Waals surface area contributed by atoms with Gasteiger partial charge in [-0.05, 0) is 44.1 Å². The molecule has 0 saturated carbocycles. The van der Waals surface area contributed by atoms with Gasteiger partial charge in [-0.3, -0.25) is 14.6 Å². The van der Waals surface area contributed by atoms with E-state index in [2.05, 4.69) is 25.5 Å². The van der Waals surface area contributed by atoms with Crippen LogP contribution in [0.3, 0.4) is 0 Å². The zero-order valence-corrected chi connectivity index (χ0v) is 15.7. The molecule has 146 valence electrons. The minimum absolute atomic E-state index is 0.0773. The topological polar surface area (TPSA) is 90.5 Å². The number of aromatic nitrogens is 2. The summed E-state index contributed by atoms with van der Waals surface area (Å²) in [4.78, 5) is 37.6. The Morgan fingerprint density at radius 2 is 2.07 bits per heavy atom. The van der Waals surface area contributed by atoms with E-state index in [1.807, 2.05) is 18.2 Å². The Morgan fingerprint density at radius 3 is 2.86 bits per heavy atom. The number of rotatable bonds is 6. The predicted molar refractivity (Wildman–Crippen MR) is 106 cm³/mol. The van der Waals surface area contributed by atoms with Gasteiger partial charge in [0.15, 0.2) is 5.82 Å². The number of pyridine rings is 2. The quantitative estimate of drug-likeness (QED) is 0.784. The van der Waals surface area contributed by atoms with Gasteiger partial charge in [-0.1, -0.05) is 6.07 Å². The number of nitrogens with zero attached hydrogens (tertiary/aromatic N) is 4. The van der Waals surface area contributed by atoms with Gasteiger partial charge in [-0.15, -0.1) is 0 Å². The van der Waals surface area contributed by atoms with Crippen LogP contribution in [0.15, 0.2) is 36.7 Å². The van der Waals surface area contributed by atoms with E-state index in [1.54, 1.807) is 23.4 Å². The first kappa shape index (κ1) is 18.4. The fraction of sp³-hybridized carbons (Fsp3) is 0.400. The summed E-state index contributed by atoms with van der Waals surface area (Å²) in [5.74, 6) is 0.348. The van der Waals surface area contributed by atoms with E-state index in [0.717, 1.165) is 25.3 Å². The van der Waals surface area contributed by atoms with Crippen molar-refractivity contribution < 1.29 is 9.59 Å². The second-order valence-electron chi connectivity index (χ2n) is 7.05. The molecule has 8 nitrogen and oxygen atoms in total. The van der Waals surface area contributed by atoms with Gasteiger partial charge in [-0.2, -0.15) is 0 Å². The fourth-order valence-corrected chi connectivity index (χ4v) is 3.57. The second kappa shape index (κ2) is 8.35. The van der Waals surface area contributed by atoms with E-state index in [0.29, 0.717) is 30.2 Å². The monoisotopic (exact) mass is 380 g/mol. The first-order chi connectivity index (χ1) is 13.7. The summed E-state index contributed by atoms with van der Waals surface area (Å²) in [6, 6.07) is 7.32. The minimum Gasteiger partial charge on any atom is -0.359 e. The summed E-state index contributed by atoms with van der Waals surface area (Å²) >= 11 is 0. The van der Waals surface area contributed by atoms with Crippen LogP contribution in [-0.2, 0) is 11.3 Å². The number of amides is 2. The fourth-order valence-electron chi connectivity index (χ4n) is 3.57. The molecular weight excluding hydrogens is 356 g/mol. The first-order valence-corrected chi connectivity index (χ1v) is 9.65. The van der Waals surface area contributed by atoms with E-state index in [-0.39, 0.29) is 18.4 Å². The van der Waals surface area contributed by atoms with Crippen molar-refractivity contribution in [2.75, 3.05) is 42.9 Å². The molecule has 2 aromatic rings. The van der Waals surface area contributed by atoms with Crippen LogP contribution in [-0.4, -0.2) is 59.4 Å². The van der Waals surface area contributed by atoms with Crippen LogP contribution >= 0.6 is 0 Å². The van der Waals surface area contributed by atoms with Gasteiger partial charge in [0.2, 0.25) is 5.91 Å². The summed E-state index contributed by atoms with van der Waals surface area (Å²) in [5.41, 5.74) is 1.83. The average molecular weight is 380 g/mol. The number of anilines is 2. The lowest BCUT2D eigenvalue weighted by molar-refractivity contribution is -0.117. The largest absolute Gasteiger partial charge is 0.359 e. The number of carbonyl (C=O) groups excluding carboxylic acids is 2. The van der Waals surface area contributed by atoms with E-state index >= 15 is 0 Å². The van der Waals surface area contributed by atoms with Crippen LogP contribution in [0.1, 0.15) is 28.9 Å². The first-order valence-electron chi connectivity index (χ1n) is 9.65. The Morgan fingerprint density at radius 1 is 1.21 bits per heavy atom. The molecule has 0 unspecified atom stereocenters. The molecule has 1 saturated heterocycles. The van der Waals surface area contributed by atoms with Gasteiger partial charge in [0.25, 0.3) is 5.91 Å². The van der Waals surface area contributed by atoms with Crippen molar-refractivity contribution in [2.45, 2.75) is 19.4 Å². The lowest BCUT2D eigenvalue weighted by Gasteiger charge is -2.29. The number of fused-ring (bicyclic) bond motifs is 1. The highest BCUT2D eigenvalue weighted by atomic mass is 16.2. The normalized spacial score (nSPS) is 16.6. The molecular formula is C20H24N6O2.